The number of hydroxylamine groups is 2. The van der Waals surface area contributed by atoms with E-state index in [2.05, 4.69) is 0 Å². The second-order valence-corrected chi connectivity index (χ2v) is 5.44. The highest BCUT2D eigenvalue weighted by Crippen LogP contribution is 2.39. The molecule has 0 saturated carbocycles. The van der Waals surface area contributed by atoms with Crippen LogP contribution in [0.3, 0.4) is 0 Å². The van der Waals surface area contributed by atoms with E-state index >= 15 is 0 Å². The van der Waals surface area contributed by atoms with E-state index in [1.807, 2.05) is 0 Å². The smallest absolute Gasteiger partial charge is 0.308 e. The predicted octanol–water partition coefficient (Wildman–Crippen LogP) is 0.623. The summed E-state index contributed by atoms with van der Waals surface area (Å²) in [5.74, 6) is -1.57. The molecule has 3 N–H and O–H groups in total. The average Bonchev–Trinajstić information content (AvgIpc) is 2.09. The molecule has 1 aliphatic heterocycles. The summed E-state index contributed by atoms with van der Waals surface area (Å²) < 4.78 is 0. The number of carbonyl (C=O) groups is 1. The molecule has 0 aromatic carbocycles. The zero-order valence-electron chi connectivity index (χ0n) is 9.65. The Hall–Kier alpha value is -0.650. The number of nitrogens with zero attached hydrogens (tertiary/aromatic N) is 1. The molecule has 1 saturated heterocycles. The maximum atomic E-state index is 12.0. The van der Waals surface area contributed by atoms with Gasteiger partial charge in [0.1, 0.15) is 0 Å². The van der Waals surface area contributed by atoms with E-state index in [1.54, 1.807) is 27.7 Å². The summed E-state index contributed by atoms with van der Waals surface area (Å²) in [6, 6.07) is -0.638. The van der Waals surface area contributed by atoms with Gasteiger partial charge in [0.2, 0.25) is 0 Å². The number of aliphatic carboxylic acids is 1. The fourth-order valence-corrected chi connectivity index (χ4v) is 2.40. The van der Waals surface area contributed by atoms with Gasteiger partial charge in [-0.3, -0.25) is 4.79 Å². The third kappa shape index (κ3) is 1.87. The highest BCUT2D eigenvalue weighted by Gasteiger charge is 2.53. The normalized spacial score (nSPS) is 35.1. The van der Waals surface area contributed by atoms with Crippen LogP contribution in [0.5, 0.6) is 0 Å². The number of hydrogen-bond donors (Lipinski definition) is 2. The van der Waals surface area contributed by atoms with E-state index in [9.17, 15) is 10.0 Å². The van der Waals surface area contributed by atoms with Gasteiger partial charge in [0.15, 0.2) is 0 Å². The minimum Gasteiger partial charge on any atom is -0.481 e. The molecule has 0 unspecified atom stereocenters. The summed E-state index contributed by atoms with van der Waals surface area (Å²) in [4.78, 5) is 11.0. The van der Waals surface area contributed by atoms with Crippen LogP contribution >= 0.6 is 0 Å². The van der Waals surface area contributed by atoms with Gasteiger partial charge >= 0.3 is 5.97 Å². The summed E-state index contributed by atoms with van der Waals surface area (Å²) in [6.45, 7) is 6.90. The monoisotopic (exact) mass is 215 g/mol. The lowest BCUT2D eigenvalue weighted by atomic mass is 9.72. The van der Waals surface area contributed by atoms with Gasteiger partial charge in [0.05, 0.1) is 11.5 Å². The molecule has 1 fully saturated rings. The lowest BCUT2D eigenvalue weighted by molar-refractivity contribution is -0.298. The molecule has 1 rings (SSSR count). The van der Waals surface area contributed by atoms with E-state index in [4.69, 9.17) is 10.8 Å². The molecule has 2 atom stereocenters. The topological polar surface area (TPSA) is 86.5 Å². The first-order valence-corrected chi connectivity index (χ1v) is 5.06. The van der Waals surface area contributed by atoms with Gasteiger partial charge in [-0.15, -0.1) is 10.3 Å². The van der Waals surface area contributed by atoms with Gasteiger partial charge < -0.3 is 10.8 Å². The Morgan fingerprint density at radius 2 is 1.87 bits per heavy atom. The van der Waals surface area contributed by atoms with Crippen LogP contribution in [0.15, 0.2) is 0 Å². The standard InChI is InChI=1S/C10H19N2O3/c1-9(2)5-6(8(13)14)7(11)10(3,4)12(9)15/h6-7H,5,11H2,1-4H3,(H,13,14)/t6-,7-/m1/s1. The zero-order chi connectivity index (χ0) is 12.0. The van der Waals surface area contributed by atoms with Crippen LogP contribution in [0.25, 0.3) is 0 Å². The van der Waals surface area contributed by atoms with Crippen LogP contribution in [-0.4, -0.2) is 33.3 Å². The molecule has 0 aliphatic carbocycles. The van der Waals surface area contributed by atoms with Crippen molar-refractivity contribution in [3.8, 4) is 0 Å². The second-order valence-electron chi connectivity index (χ2n) is 5.44. The van der Waals surface area contributed by atoms with Crippen molar-refractivity contribution in [2.45, 2.75) is 51.2 Å². The summed E-state index contributed by atoms with van der Waals surface area (Å²) >= 11 is 0. The lowest BCUT2D eigenvalue weighted by Gasteiger charge is -2.52. The molecule has 1 aliphatic rings. The minimum absolute atomic E-state index is 0.288. The Bertz CT molecular complexity index is 276. The minimum atomic E-state index is -0.920. The first-order chi connectivity index (χ1) is 6.60. The van der Waals surface area contributed by atoms with E-state index in [0.29, 0.717) is 0 Å². The maximum Gasteiger partial charge on any atom is 0.308 e. The molecular weight excluding hydrogens is 196 g/mol. The van der Waals surface area contributed by atoms with Crippen molar-refractivity contribution in [1.29, 1.82) is 0 Å². The molecule has 87 valence electrons. The molecule has 15 heavy (non-hydrogen) atoms. The molecule has 0 aromatic rings. The first-order valence-electron chi connectivity index (χ1n) is 5.06. The summed E-state index contributed by atoms with van der Waals surface area (Å²) in [7, 11) is 0. The highest BCUT2D eigenvalue weighted by atomic mass is 16.5. The van der Waals surface area contributed by atoms with Crippen LogP contribution in [0.1, 0.15) is 34.1 Å². The average molecular weight is 215 g/mol. The van der Waals surface area contributed by atoms with Gasteiger partial charge in [-0.2, -0.15) is 0 Å². The van der Waals surface area contributed by atoms with E-state index < -0.39 is 29.0 Å². The molecule has 5 nitrogen and oxygen atoms in total. The number of hydrogen-bond acceptors (Lipinski definition) is 3. The molecule has 0 amide bonds. The van der Waals surface area contributed by atoms with Crippen molar-refractivity contribution in [1.82, 2.24) is 5.06 Å². The summed E-state index contributed by atoms with van der Waals surface area (Å²) in [6.07, 6.45) is 0.288. The van der Waals surface area contributed by atoms with Gasteiger partial charge in [0, 0.05) is 11.6 Å². The maximum absolute atomic E-state index is 12.0. The second kappa shape index (κ2) is 3.43. The van der Waals surface area contributed by atoms with Crippen molar-refractivity contribution in [2.24, 2.45) is 11.7 Å². The van der Waals surface area contributed by atoms with Crippen molar-refractivity contribution >= 4 is 5.97 Å². The van der Waals surface area contributed by atoms with Gasteiger partial charge in [-0.1, -0.05) is 0 Å². The Morgan fingerprint density at radius 3 is 2.27 bits per heavy atom. The molecule has 5 heteroatoms. The molecule has 1 heterocycles. The number of carboxylic acids is 1. The van der Waals surface area contributed by atoms with Crippen LogP contribution in [-0.2, 0) is 10.0 Å². The van der Waals surface area contributed by atoms with E-state index in [-0.39, 0.29) is 6.42 Å². The van der Waals surface area contributed by atoms with Crippen molar-refractivity contribution in [3.05, 3.63) is 0 Å². The predicted molar refractivity (Wildman–Crippen MR) is 54.4 cm³/mol. The quantitative estimate of drug-likeness (QED) is 0.671. The van der Waals surface area contributed by atoms with Crippen molar-refractivity contribution < 1.29 is 15.1 Å². The van der Waals surface area contributed by atoms with Gasteiger partial charge in [-0.05, 0) is 34.1 Å². The van der Waals surface area contributed by atoms with Gasteiger partial charge in [-0.25, -0.2) is 0 Å². The summed E-state index contributed by atoms with van der Waals surface area (Å²) in [5, 5.41) is 22.0. The lowest BCUT2D eigenvalue weighted by Crippen LogP contribution is -2.69. The molecule has 0 bridgehead atoms. The van der Waals surface area contributed by atoms with Gasteiger partial charge in [0.25, 0.3) is 0 Å². The number of nitrogens with two attached hydrogens (primary N) is 1. The van der Waals surface area contributed by atoms with Crippen molar-refractivity contribution in [3.63, 3.8) is 0 Å². The Labute approximate surface area is 89.8 Å². The van der Waals surface area contributed by atoms with Crippen LogP contribution in [0.4, 0.5) is 0 Å². The highest BCUT2D eigenvalue weighted by molar-refractivity contribution is 5.71. The largest absolute Gasteiger partial charge is 0.481 e. The molecular formula is C10H19N2O3. The van der Waals surface area contributed by atoms with Crippen LogP contribution in [0.2, 0.25) is 0 Å². The Kier molecular flexibility index (Phi) is 2.84. The number of rotatable bonds is 1. The fraction of sp³-hybridized carbons (Fsp3) is 0.900. The van der Waals surface area contributed by atoms with E-state index in [1.165, 1.54) is 0 Å². The zero-order valence-corrected chi connectivity index (χ0v) is 9.65. The van der Waals surface area contributed by atoms with Crippen molar-refractivity contribution in [2.75, 3.05) is 0 Å². The SMILES string of the molecule is CC1(C)C[C@@H](C(=O)O)[C@@H](N)C(C)(C)N1[O]. The third-order valence-electron chi connectivity index (χ3n) is 3.36. The Morgan fingerprint density at radius 1 is 1.40 bits per heavy atom. The number of piperidine rings is 1. The number of carboxylic acid groups (broad SMARTS) is 1. The Balaban J connectivity index is 3.07. The van der Waals surface area contributed by atoms with Crippen LogP contribution < -0.4 is 5.73 Å². The molecule has 0 aromatic heterocycles. The molecule has 0 spiro atoms. The van der Waals surface area contributed by atoms with E-state index in [0.717, 1.165) is 5.06 Å². The van der Waals surface area contributed by atoms with Crippen LogP contribution in [0, 0.1) is 5.92 Å². The third-order valence-corrected chi connectivity index (χ3v) is 3.36. The molecule has 1 radical (unpaired) electrons. The summed E-state index contributed by atoms with van der Waals surface area (Å²) in [5.41, 5.74) is 4.33. The fourth-order valence-electron chi connectivity index (χ4n) is 2.40. The first kappa shape index (κ1) is 12.4.